The van der Waals surface area contributed by atoms with Crippen LogP contribution in [0.15, 0.2) is 0 Å². The van der Waals surface area contributed by atoms with Crippen molar-refractivity contribution in [3.63, 3.8) is 0 Å². The molecule has 22 heavy (non-hydrogen) atoms. The highest BCUT2D eigenvalue weighted by Gasteiger charge is 2.32. The number of fused-ring (bicyclic) bond motifs is 1. The summed E-state index contributed by atoms with van der Waals surface area (Å²) in [6.45, 7) is 2.84. The van der Waals surface area contributed by atoms with Gasteiger partial charge in [-0.2, -0.15) is 5.26 Å². The van der Waals surface area contributed by atoms with Gasteiger partial charge in [0, 0.05) is 25.4 Å². The number of thiophene rings is 1. The lowest BCUT2D eigenvalue weighted by Gasteiger charge is -2.28. The van der Waals surface area contributed by atoms with Gasteiger partial charge in [0.1, 0.15) is 11.1 Å². The van der Waals surface area contributed by atoms with Gasteiger partial charge in [0.2, 0.25) is 11.6 Å². The van der Waals surface area contributed by atoms with E-state index in [9.17, 15) is 15.4 Å². The van der Waals surface area contributed by atoms with E-state index in [-0.39, 0.29) is 5.82 Å². The number of nitrogens with zero attached hydrogens (tertiary/aromatic N) is 5. The molecular formula is C13H14N6O2S. The van der Waals surface area contributed by atoms with Crippen molar-refractivity contribution in [2.45, 2.75) is 19.9 Å². The molecule has 3 heterocycles. The maximum Gasteiger partial charge on any atom is 0.406 e. The predicted molar refractivity (Wildman–Crippen MR) is 82.8 cm³/mol. The van der Waals surface area contributed by atoms with Crippen molar-refractivity contribution in [1.82, 2.24) is 9.55 Å². The number of nitriles is 1. The van der Waals surface area contributed by atoms with E-state index in [1.54, 1.807) is 18.5 Å². The number of anilines is 2. The second-order valence-electron chi connectivity index (χ2n) is 5.15. The first-order chi connectivity index (χ1) is 10.4. The Bertz CT molecular complexity index is 816. The largest absolute Gasteiger partial charge is 0.406 e. The van der Waals surface area contributed by atoms with E-state index in [4.69, 9.17) is 5.73 Å². The van der Waals surface area contributed by atoms with Crippen LogP contribution in [0.5, 0.6) is 0 Å². The molecule has 0 aromatic carbocycles. The molecule has 114 valence electrons. The zero-order chi connectivity index (χ0) is 16.0. The third-order valence-corrected chi connectivity index (χ3v) is 4.99. The Hall–Kier alpha value is -2.60. The van der Waals surface area contributed by atoms with E-state index in [0.29, 0.717) is 41.7 Å². The molecule has 3 rings (SSSR count). The fraction of sp³-hybridized carbons (Fsp3) is 0.385. The van der Waals surface area contributed by atoms with E-state index in [1.165, 1.54) is 11.3 Å². The quantitative estimate of drug-likeness (QED) is 0.666. The van der Waals surface area contributed by atoms with Crippen molar-refractivity contribution in [2.75, 3.05) is 17.2 Å². The van der Waals surface area contributed by atoms with Crippen molar-refractivity contribution in [2.24, 2.45) is 7.05 Å². The highest BCUT2D eigenvalue weighted by atomic mass is 32.1. The molecule has 2 aromatic rings. The average molecular weight is 318 g/mol. The van der Waals surface area contributed by atoms with Crippen LogP contribution >= 0.6 is 11.3 Å². The van der Waals surface area contributed by atoms with Crippen LogP contribution < -0.4 is 10.6 Å². The molecule has 9 heteroatoms. The van der Waals surface area contributed by atoms with Crippen LogP contribution in [0.25, 0.3) is 0 Å². The summed E-state index contributed by atoms with van der Waals surface area (Å²) >= 11 is 1.38. The van der Waals surface area contributed by atoms with Crippen LogP contribution in [0, 0.1) is 28.4 Å². The third-order valence-electron chi connectivity index (χ3n) is 3.94. The highest BCUT2D eigenvalue weighted by Crippen LogP contribution is 2.38. The van der Waals surface area contributed by atoms with Gasteiger partial charge >= 0.3 is 5.82 Å². The van der Waals surface area contributed by atoms with Gasteiger partial charge in [-0.15, -0.1) is 11.3 Å². The first kappa shape index (κ1) is 14.3. The Morgan fingerprint density at radius 2 is 2.27 bits per heavy atom. The molecule has 0 bridgehead atoms. The smallest absolute Gasteiger partial charge is 0.389 e. The molecular weight excluding hydrogens is 304 g/mol. The van der Waals surface area contributed by atoms with Crippen LogP contribution in [0.2, 0.25) is 0 Å². The lowest BCUT2D eigenvalue weighted by molar-refractivity contribution is -0.388. The van der Waals surface area contributed by atoms with Crippen molar-refractivity contribution in [3.8, 4) is 6.07 Å². The summed E-state index contributed by atoms with van der Waals surface area (Å²) in [5.41, 5.74) is 7.41. The van der Waals surface area contributed by atoms with E-state index in [1.807, 2.05) is 4.90 Å². The maximum atomic E-state index is 11.2. The fourth-order valence-electron chi connectivity index (χ4n) is 2.79. The van der Waals surface area contributed by atoms with E-state index in [0.717, 1.165) is 10.4 Å². The maximum absolute atomic E-state index is 11.2. The highest BCUT2D eigenvalue weighted by molar-refractivity contribution is 7.16. The fourth-order valence-corrected chi connectivity index (χ4v) is 3.87. The van der Waals surface area contributed by atoms with E-state index >= 15 is 0 Å². The lowest BCUT2D eigenvalue weighted by Crippen LogP contribution is -2.31. The Kier molecular flexibility index (Phi) is 3.26. The second kappa shape index (κ2) is 4.99. The van der Waals surface area contributed by atoms with Crippen LogP contribution in [0.1, 0.15) is 21.8 Å². The van der Waals surface area contributed by atoms with Crippen molar-refractivity contribution >= 4 is 28.0 Å². The summed E-state index contributed by atoms with van der Waals surface area (Å²) in [4.78, 5) is 17.7. The molecule has 0 amide bonds. The molecule has 2 N–H and O–H groups in total. The summed E-state index contributed by atoms with van der Waals surface area (Å²) in [5, 5.41) is 20.9. The van der Waals surface area contributed by atoms with E-state index in [2.05, 4.69) is 11.1 Å². The van der Waals surface area contributed by atoms with Crippen LogP contribution in [0.4, 0.5) is 16.6 Å². The first-order valence-electron chi connectivity index (χ1n) is 6.66. The van der Waals surface area contributed by atoms with Gasteiger partial charge in [0.05, 0.1) is 12.1 Å². The minimum Gasteiger partial charge on any atom is -0.389 e. The normalized spacial score (nSPS) is 13.8. The Morgan fingerprint density at radius 1 is 1.55 bits per heavy atom. The lowest BCUT2D eigenvalue weighted by atomic mass is 10.0. The molecule has 0 radical (unpaired) electrons. The molecule has 0 aliphatic carbocycles. The zero-order valence-corrected chi connectivity index (χ0v) is 13.0. The van der Waals surface area contributed by atoms with Gasteiger partial charge in [-0.05, 0) is 21.9 Å². The number of imidazole rings is 1. The number of aromatic nitrogens is 2. The molecule has 0 spiro atoms. The summed E-state index contributed by atoms with van der Waals surface area (Å²) in [6, 6.07) is 2.14. The molecule has 0 atom stereocenters. The number of nitrogen functional groups attached to an aromatic ring is 1. The van der Waals surface area contributed by atoms with Gasteiger partial charge < -0.3 is 20.7 Å². The minimum atomic E-state index is -0.457. The molecule has 1 aliphatic heterocycles. The SMILES string of the molecule is Cc1nc([N+](=O)[O-])c(N2CCc3c(sc(N)c3C#N)C2)n1C. The number of nitro groups is 1. The Balaban J connectivity index is 2.03. The topological polar surface area (TPSA) is 114 Å². The van der Waals surface area contributed by atoms with Crippen molar-refractivity contribution in [3.05, 3.63) is 31.9 Å². The summed E-state index contributed by atoms with van der Waals surface area (Å²) < 4.78 is 1.73. The van der Waals surface area contributed by atoms with Gasteiger partial charge in [0.15, 0.2) is 0 Å². The molecule has 1 aliphatic rings. The molecule has 0 saturated heterocycles. The molecule has 0 fully saturated rings. The standard InChI is InChI=1S/C13H14N6O2S/c1-7-16-12(19(20)21)13(17(7)2)18-4-3-8-9(5-14)11(15)22-10(8)6-18/h3-4,6,15H2,1-2H3. The number of rotatable bonds is 2. The number of nitrogens with two attached hydrogens (primary N) is 1. The summed E-state index contributed by atoms with van der Waals surface area (Å²) in [6.07, 6.45) is 0.646. The third kappa shape index (κ3) is 2.00. The number of aryl methyl sites for hydroxylation is 1. The minimum absolute atomic E-state index is 0.131. The zero-order valence-electron chi connectivity index (χ0n) is 12.2. The molecule has 8 nitrogen and oxygen atoms in total. The molecule has 0 saturated carbocycles. The van der Waals surface area contributed by atoms with Gasteiger partial charge in [0.25, 0.3) is 0 Å². The second-order valence-corrected chi connectivity index (χ2v) is 6.29. The average Bonchev–Trinajstić information content (AvgIpc) is 2.95. The van der Waals surface area contributed by atoms with Crippen molar-refractivity contribution in [1.29, 1.82) is 5.26 Å². The first-order valence-corrected chi connectivity index (χ1v) is 7.48. The van der Waals surface area contributed by atoms with Crippen LogP contribution in [-0.4, -0.2) is 21.0 Å². The predicted octanol–water partition coefficient (Wildman–Crippen LogP) is 1.71. The van der Waals surface area contributed by atoms with Crippen LogP contribution in [0.3, 0.4) is 0 Å². The summed E-state index contributed by atoms with van der Waals surface area (Å²) in [5.74, 6) is 0.961. The Labute approximate surface area is 130 Å². The Morgan fingerprint density at radius 3 is 2.91 bits per heavy atom. The monoisotopic (exact) mass is 318 g/mol. The van der Waals surface area contributed by atoms with Gasteiger partial charge in [-0.25, -0.2) is 0 Å². The summed E-state index contributed by atoms with van der Waals surface area (Å²) in [7, 11) is 1.77. The van der Waals surface area contributed by atoms with Gasteiger partial charge in [-0.1, -0.05) is 0 Å². The number of hydrogen-bond donors (Lipinski definition) is 1. The molecule has 0 unspecified atom stereocenters. The van der Waals surface area contributed by atoms with Gasteiger partial charge in [-0.3, -0.25) is 4.57 Å². The van der Waals surface area contributed by atoms with Crippen LogP contribution in [-0.2, 0) is 20.0 Å². The number of hydrogen-bond acceptors (Lipinski definition) is 7. The molecule has 2 aromatic heterocycles. The van der Waals surface area contributed by atoms with E-state index < -0.39 is 4.92 Å². The van der Waals surface area contributed by atoms with Crippen molar-refractivity contribution < 1.29 is 4.92 Å².